The molecule has 1 fully saturated rings. The summed E-state index contributed by atoms with van der Waals surface area (Å²) in [6, 6.07) is 11.2. The summed E-state index contributed by atoms with van der Waals surface area (Å²) in [6.45, 7) is 9.67. The summed E-state index contributed by atoms with van der Waals surface area (Å²) < 4.78 is 0. The first-order valence-electron chi connectivity index (χ1n) is 7.39. The number of benzene rings is 1. The summed E-state index contributed by atoms with van der Waals surface area (Å²) in [5.74, 6) is 0. The number of carbonyl (C=O) groups is 1. The van der Waals surface area contributed by atoms with Crippen LogP contribution >= 0.6 is 0 Å². The molecule has 1 unspecified atom stereocenters. The van der Waals surface area contributed by atoms with Crippen molar-refractivity contribution in [3.63, 3.8) is 0 Å². The van der Waals surface area contributed by atoms with E-state index in [0.29, 0.717) is 6.04 Å². The van der Waals surface area contributed by atoms with E-state index in [2.05, 4.69) is 41.4 Å². The molecule has 4 heteroatoms. The first-order chi connectivity index (χ1) is 9.56. The second kappa shape index (κ2) is 6.75. The van der Waals surface area contributed by atoms with Crippen molar-refractivity contribution < 1.29 is 4.79 Å². The molecule has 1 saturated heterocycles. The molecule has 1 atom stereocenters. The van der Waals surface area contributed by atoms with Crippen LogP contribution in [0.2, 0.25) is 0 Å². The highest BCUT2D eigenvalue weighted by Crippen LogP contribution is 2.14. The van der Waals surface area contributed by atoms with Crippen molar-refractivity contribution in [1.29, 1.82) is 0 Å². The van der Waals surface area contributed by atoms with Gasteiger partial charge in [-0.15, -0.1) is 0 Å². The number of rotatable bonds is 3. The quantitative estimate of drug-likeness (QED) is 0.919. The van der Waals surface area contributed by atoms with Gasteiger partial charge in [0.15, 0.2) is 0 Å². The summed E-state index contributed by atoms with van der Waals surface area (Å²) in [7, 11) is 0. The highest BCUT2D eigenvalue weighted by molar-refractivity contribution is 5.74. The Kier molecular flexibility index (Phi) is 5.01. The lowest BCUT2D eigenvalue weighted by molar-refractivity contribution is 0.0918. The van der Waals surface area contributed by atoms with E-state index in [4.69, 9.17) is 0 Å². The molecule has 0 bridgehead atoms. The van der Waals surface area contributed by atoms with E-state index < -0.39 is 0 Å². The van der Waals surface area contributed by atoms with Crippen LogP contribution < -0.4 is 5.32 Å². The fourth-order valence-electron chi connectivity index (χ4n) is 2.57. The number of piperazine rings is 1. The van der Waals surface area contributed by atoms with Gasteiger partial charge in [0.25, 0.3) is 0 Å². The third kappa shape index (κ3) is 3.97. The molecule has 1 aromatic carbocycles. The summed E-state index contributed by atoms with van der Waals surface area (Å²) in [6.07, 6.45) is 0. The van der Waals surface area contributed by atoms with Gasteiger partial charge in [-0.3, -0.25) is 4.90 Å². The Labute approximate surface area is 121 Å². The van der Waals surface area contributed by atoms with Crippen LogP contribution in [0.25, 0.3) is 0 Å². The maximum Gasteiger partial charge on any atom is 0.317 e. The van der Waals surface area contributed by atoms with Crippen LogP contribution in [0.15, 0.2) is 30.3 Å². The van der Waals surface area contributed by atoms with Crippen LogP contribution in [-0.4, -0.2) is 47.5 Å². The average Bonchev–Trinajstić information content (AvgIpc) is 2.41. The summed E-state index contributed by atoms with van der Waals surface area (Å²) in [5.41, 5.74) is 1.33. The highest BCUT2D eigenvalue weighted by atomic mass is 16.2. The van der Waals surface area contributed by atoms with Gasteiger partial charge in [0.2, 0.25) is 0 Å². The number of carbonyl (C=O) groups excluding carboxylic acids is 1. The monoisotopic (exact) mass is 275 g/mol. The number of hydrogen-bond acceptors (Lipinski definition) is 2. The molecule has 0 radical (unpaired) electrons. The smallest absolute Gasteiger partial charge is 0.317 e. The van der Waals surface area contributed by atoms with Gasteiger partial charge in [0, 0.05) is 38.3 Å². The molecule has 0 aromatic heterocycles. The van der Waals surface area contributed by atoms with Crippen molar-refractivity contribution >= 4 is 6.03 Å². The van der Waals surface area contributed by atoms with E-state index >= 15 is 0 Å². The Morgan fingerprint density at radius 1 is 1.30 bits per heavy atom. The normalized spacial score (nSPS) is 20.2. The Bertz CT molecular complexity index is 433. The minimum Gasteiger partial charge on any atom is -0.336 e. The zero-order valence-corrected chi connectivity index (χ0v) is 12.7. The van der Waals surface area contributed by atoms with Crippen LogP contribution in [0, 0.1) is 0 Å². The number of amides is 2. The van der Waals surface area contributed by atoms with E-state index in [9.17, 15) is 4.79 Å². The van der Waals surface area contributed by atoms with Crippen molar-refractivity contribution in [3.05, 3.63) is 35.9 Å². The van der Waals surface area contributed by atoms with Gasteiger partial charge >= 0.3 is 6.03 Å². The minimum absolute atomic E-state index is 0.0613. The molecule has 1 aliphatic rings. The summed E-state index contributed by atoms with van der Waals surface area (Å²) >= 11 is 0. The third-order valence-electron chi connectivity index (χ3n) is 3.69. The molecule has 1 N–H and O–H groups in total. The summed E-state index contributed by atoms with van der Waals surface area (Å²) in [4.78, 5) is 16.4. The van der Waals surface area contributed by atoms with E-state index in [1.165, 1.54) is 5.56 Å². The molecule has 2 amide bonds. The number of nitrogens with one attached hydrogen (secondary N) is 1. The zero-order chi connectivity index (χ0) is 14.5. The van der Waals surface area contributed by atoms with Crippen molar-refractivity contribution in [2.24, 2.45) is 0 Å². The van der Waals surface area contributed by atoms with Gasteiger partial charge in [0.1, 0.15) is 0 Å². The van der Waals surface area contributed by atoms with Gasteiger partial charge in [-0.2, -0.15) is 0 Å². The average molecular weight is 275 g/mol. The van der Waals surface area contributed by atoms with Crippen LogP contribution in [-0.2, 0) is 6.54 Å². The van der Waals surface area contributed by atoms with Crippen LogP contribution in [0.4, 0.5) is 4.79 Å². The largest absolute Gasteiger partial charge is 0.336 e. The van der Waals surface area contributed by atoms with Gasteiger partial charge < -0.3 is 10.2 Å². The molecule has 20 heavy (non-hydrogen) atoms. The maximum absolute atomic E-state index is 12.0. The maximum atomic E-state index is 12.0. The Morgan fingerprint density at radius 3 is 2.60 bits per heavy atom. The predicted octanol–water partition coefficient (Wildman–Crippen LogP) is 2.31. The molecule has 1 heterocycles. The molecule has 0 saturated carbocycles. The van der Waals surface area contributed by atoms with Gasteiger partial charge in [-0.05, 0) is 26.3 Å². The van der Waals surface area contributed by atoms with Crippen molar-refractivity contribution in [1.82, 2.24) is 15.1 Å². The molecular weight excluding hydrogens is 250 g/mol. The summed E-state index contributed by atoms with van der Waals surface area (Å²) in [5, 5.41) is 2.97. The lowest BCUT2D eigenvalue weighted by Crippen LogP contribution is -2.56. The molecule has 0 aliphatic carbocycles. The van der Waals surface area contributed by atoms with Crippen LogP contribution in [0.3, 0.4) is 0 Å². The van der Waals surface area contributed by atoms with Crippen molar-refractivity contribution in [2.45, 2.75) is 39.4 Å². The molecule has 1 aromatic rings. The second-order valence-corrected chi connectivity index (χ2v) is 5.86. The van der Waals surface area contributed by atoms with Gasteiger partial charge in [-0.25, -0.2) is 4.79 Å². The van der Waals surface area contributed by atoms with E-state index in [-0.39, 0.29) is 12.1 Å². The van der Waals surface area contributed by atoms with Gasteiger partial charge in [-0.1, -0.05) is 30.3 Å². The fraction of sp³-hybridized carbons (Fsp3) is 0.562. The first-order valence-corrected chi connectivity index (χ1v) is 7.39. The lowest BCUT2D eigenvalue weighted by Gasteiger charge is -2.40. The standard InChI is InChI=1S/C16H25N3O/c1-13(2)17-16(20)19-10-9-18(14(3)11-19)12-15-7-5-4-6-8-15/h4-8,13-14H,9-12H2,1-3H3,(H,17,20). The first kappa shape index (κ1) is 14.9. The lowest BCUT2D eigenvalue weighted by atomic mass is 10.1. The topological polar surface area (TPSA) is 35.6 Å². The number of urea groups is 1. The number of hydrogen-bond donors (Lipinski definition) is 1. The molecular formula is C16H25N3O. The number of nitrogens with zero attached hydrogens (tertiary/aromatic N) is 2. The zero-order valence-electron chi connectivity index (χ0n) is 12.7. The molecule has 0 spiro atoms. The Morgan fingerprint density at radius 2 is 2.00 bits per heavy atom. The fourth-order valence-corrected chi connectivity index (χ4v) is 2.57. The predicted molar refractivity (Wildman–Crippen MR) is 81.6 cm³/mol. The van der Waals surface area contributed by atoms with Crippen molar-refractivity contribution in [3.8, 4) is 0 Å². The Hall–Kier alpha value is -1.55. The van der Waals surface area contributed by atoms with Crippen molar-refractivity contribution in [2.75, 3.05) is 19.6 Å². The molecule has 4 nitrogen and oxygen atoms in total. The third-order valence-corrected chi connectivity index (χ3v) is 3.69. The van der Waals surface area contributed by atoms with Gasteiger partial charge in [0.05, 0.1) is 0 Å². The van der Waals surface area contributed by atoms with E-state index in [1.54, 1.807) is 0 Å². The molecule has 1 aliphatic heterocycles. The SMILES string of the molecule is CC(C)NC(=O)N1CCN(Cc2ccccc2)C(C)C1. The molecule has 2 rings (SSSR count). The van der Waals surface area contributed by atoms with E-state index in [1.807, 2.05) is 24.8 Å². The minimum atomic E-state index is 0.0613. The van der Waals surface area contributed by atoms with Crippen LogP contribution in [0.5, 0.6) is 0 Å². The van der Waals surface area contributed by atoms with E-state index in [0.717, 1.165) is 26.2 Å². The van der Waals surface area contributed by atoms with Crippen LogP contribution in [0.1, 0.15) is 26.3 Å². The Balaban J connectivity index is 1.88. The highest BCUT2D eigenvalue weighted by Gasteiger charge is 2.26. The molecule has 110 valence electrons. The second-order valence-electron chi connectivity index (χ2n) is 5.86.